The molecule has 0 bridgehead atoms. The Bertz CT molecular complexity index is 759. The van der Waals surface area contributed by atoms with Crippen LogP contribution in [-0.4, -0.2) is 53.6 Å². The van der Waals surface area contributed by atoms with E-state index < -0.39 is 0 Å². The van der Waals surface area contributed by atoms with Gasteiger partial charge in [0.1, 0.15) is 17.5 Å². The first-order valence-electron chi connectivity index (χ1n) is 9.37. The lowest BCUT2D eigenvalue weighted by Gasteiger charge is -2.17. The highest BCUT2D eigenvalue weighted by Crippen LogP contribution is 2.20. The zero-order chi connectivity index (χ0) is 19.1. The van der Waals surface area contributed by atoms with Gasteiger partial charge in [-0.25, -0.2) is 15.0 Å². The Hall–Kier alpha value is -2.90. The molecule has 2 aromatic rings. The van der Waals surface area contributed by atoms with Gasteiger partial charge in [0.25, 0.3) is 5.91 Å². The molecule has 8 nitrogen and oxygen atoms in total. The number of carbonyl (C=O) groups excluding carboxylic acids is 1. The largest absolute Gasteiger partial charge is 0.478 e. The third-order valence-electron chi connectivity index (χ3n) is 4.26. The highest BCUT2D eigenvalue weighted by molar-refractivity contribution is 5.93. The summed E-state index contributed by atoms with van der Waals surface area (Å²) in [5, 5.41) is 6.12. The fraction of sp³-hybridized carbons (Fsp3) is 0.474. The number of carbonyl (C=O) groups is 1. The average molecular weight is 370 g/mol. The normalized spacial score (nSPS) is 13.5. The molecule has 1 aliphatic heterocycles. The first-order valence-corrected chi connectivity index (χ1v) is 9.37. The molecule has 0 saturated carbocycles. The third kappa shape index (κ3) is 5.29. The molecule has 1 amide bonds. The summed E-state index contributed by atoms with van der Waals surface area (Å²) in [7, 11) is 0. The fourth-order valence-electron chi connectivity index (χ4n) is 2.97. The standard InChI is InChI=1S/C19H26N6O2/c1-3-27-18-7-6-15(13-22-18)19(26)21-9-8-20-16-12-17(24-14(2)23-16)25-10-4-5-11-25/h6-7,12-13H,3-5,8-11H2,1-2H3,(H,21,26)(H,20,23,24). The van der Waals surface area contributed by atoms with E-state index >= 15 is 0 Å². The summed E-state index contributed by atoms with van der Waals surface area (Å²) in [6.07, 6.45) is 3.93. The van der Waals surface area contributed by atoms with E-state index in [0.717, 1.165) is 30.5 Å². The van der Waals surface area contributed by atoms with Crippen molar-refractivity contribution < 1.29 is 9.53 Å². The number of aryl methyl sites for hydroxylation is 1. The predicted molar refractivity (Wildman–Crippen MR) is 104 cm³/mol. The number of amides is 1. The van der Waals surface area contributed by atoms with Crippen LogP contribution in [0.4, 0.5) is 11.6 Å². The van der Waals surface area contributed by atoms with Gasteiger partial charge in [-0.3, -0.25) is 4.79 Å². The lowest BCUT2D eigenvalue weighted by atomic mass is 10.2. The van der Waals surface area contributed by atoms with E-state index in [-0.39, 0.29) is 5.91 Å². The summed E-state index contributed by atoms with van der Waals surface area (Å²) in [6.45, 7) is 7.48. The Morgan fingerprint density at radius 2 is 2.04 bits per heavy atom. The molecule has 0 spiro atoms. The SMILES string of the molecule is CCOc1ccc(C(=O)NCCNc2cc(N3CCCC3)nc(C)n2)cn1. The number of rotatable bonds is 8. The Balaban J connectivity index is 1.47. The molecule has 0 unspecified atom stereocenters. The van der Waals surface area contributed by atoms with Crippen LogP contribution in [0.3, 0.4) is 0 Å². The number of ether oxygens (including phenoxy) is 1. The second-order valence-electron chi connectivity index (χ2n) is 6.35. The summed E-state index contributed by atoms with van der Waals surface area (Å²) in [5.74, 6) is 2.84. The van der Waals surface area contributed by atoms with Crippen molar-refractivity contribution in [2.24, 2.45) is 0 Å². The molecular weight excluding hydrogens is 344 g/mol. The van der Waals surface area contributed by atoms with Crippen molar-refractivity contribution >= 4 is 17.5 Å². The van der Waals surface area contributed by atoms with E-state index in [2.05, 4.69) is 30.5 Å². The van der Waals surface area contributed by atoms with Crippen LogP contribution in [0.25, 0.3) is 0 Å². The molecule has 144 valence electrons. The zero-order valence-corrected chi connectivity index (χ0v) is 15.9. The number of pyridine rings is 1. The van der Waals surface area contributed by atoms with Crippen molar-refractivity contribution in [2.75, 3.05) is 43.0 Å². The molecule has 1 aliphatic rings. The number of nitrogens with zero attached hydrogens (tertiary/aromatic N) is 4. The Kier molecular flexibility index (Phi) is 6.40. The quantitative estimate of drug-likeness (QED) is 0.687. The molecule has 3 rings (SSSR count). The molecule has 1 saturated heterocycles. The van der Waals surface area contributed by atoms with Gasteiger partial charge < -0.3 is 20.3 Å². The van der Waals surface area contributed by atoms with E-state index in [4.69, 9.17) is 4.74 Å². The van der Waals surface area contributed by atoms with Crippen LogP contribution in [0.2, 0.25) is 0 Å². The van der Waals surface area contributed by atoms with Gasteiger partial charge in [0, 0.05) is 44.5 Å². The summed E-state index contributed by atoms with van der Waals surface area (Å²) in [6, 6.07) is 5.37. The van der Waals surface area contributed by atoms with Gasteiger partial charge >= 0.3 is 0 Å². The molecule has 27 heavy (non-hydrogen) atoms. The molecule has 1 fully saturated rings. The third-order valence-corrected chi connectivity index (χ3v) is 4.26. The Morgan fingerprint density at radius 1 is 1.22 bits per heavy atom. The lowest BCUT2D eigenvalue weighted by Crippen LogP contribution is -2.29. The first-order chi connectivity index (χ1) is 13.2. The van der Waals surface area contributed by atoms with E-state index in [1.807, 2.05) is 19.9 Å². The number of anilines is 2. The molecule has 2 N–H and O–H groups in total. The Morgan fingerprint density at radius 3 is 2.74 bits per heavy atom. The summed E-state index contributed by atoms with van der Waals surface area (Å²) in [4.78, 5) is 27.5. The summed E-state index contributed by atoms with van der Waals surface area (Å²) >= 11 is 0. The second kappa shape index (κ2) is 9.16. The molecule has 0 atom stereocenters. The number of nitrogens with one attached hydrogen (secondary N) is 2. The summed E-state index contributed by atoms with van der Waals surface area (Å²) < 4.78 is 5.28. The van der Waals surface area contributed by atoms with Gasteiger partial charge in [-0.2, -0.15) is 0 Å². The maximum atomic E-state index is 12.2. The number of hydrogen-bond acceptors (Lipinski definition) is 7. The topological polar surface area (TPSA) is 92.3 Å². The summed E-state index contributed by atoms with van der Waals surface area (Å²) in [5.41, 5.74) is 0.507. The van der Waals surface area contributed by atoms with Gasteiger partial charge in [-0.05, 0) is 32.8 Å². The maximum Gasteiger partial charge on any atom is 0.252 e. The molecular formula is C19H26N6O2. The molecule has 0 radical (unpaired) electrons. The lowest BCUT2D eigenvalue weighted by molar-refractivity contribution is 0.0954. The van der Waals surface area contributed by atoms with Crippen LogP contribution in [0, 0.1) is 6.92 Å². The van der Waals surface area contributed by atoms with Gasteiger partial charge in [-0.15, -0.1) is 0 Å². The van der Waals surface area contributed by atoms with Gasteiger partial charge in [0.15, 0.2) is 0 Å². The monoisotopic (exact) mass is 370 g/mol. The van der Waals surface area contributed by atoms with Gasteiger partial charge in [0.05, 0.1) is 12.2 Å². The van der Waals surface area contributed by atoms with Gasteiger partial charge in [0.2, 0.25) is 5.88 Å². The minimum absolute atomic E-state index is 0.163. The second-order valence-corrected chi connectivity index (χ2v) is 6.35. The van der Waals surface area contributed by atoms with Gasteiger partial charge in [-0.1, -0.05) is 0 Å². The zero-order valence-electron chi connectivity index (χ0n) is 15.9. The van der Waals surface area contributed by atoms with Crippen molar-refractivity contribution in [1.82, 2.24) is 20.3 Å². The van der Waals surface area contributed by atoms with E-state index in [9.17, 15) is 4.79 Å². The molecule has 3 heterocycles. The van der Waals surface area contributed by atoms with Crippen molar-refractivity contribution in [2.45, 2.75) is 26.7 Å². The maximum absolute atomic E-state index is 12.2. The van der Waals surface area contributed by atoms with Crippen LogP contribution in [-0.2, 0) is 0 Å². The van der Waals surface area contributed by atoms with E-state index in [1.54, 1.807) is 12.1 Å². The fourth-order valence-corrected chi connectivity index (χ4v) is 2.97. The van der Waals surface area contributed by atoms with Crippen LogP contribution in [0.15, 0.2) is 24.4 Å². The highest BCUT2D eigenvalue weighted by atomic mass is 16.5. The molecule has 8 heteroatoms. The van der Waals surface area contributed by atoms with Crippen molar-refractivity contribution in [3.05, 3.63) is 35.8 Å². The first kappa shape index (κ1) is 18.9. The predicted octanol–water partition coefficient (Wildman–Crippen LogP) is 2.02. The average Bonchev–Trinajstić information content (AvgIpc) is 3.20. The van der Waals surface area contributed by atoms with Crippen molar-refractivity contribution in [3.63, 3.8) is 0 Å². The number of aromatic nitrogens is 3. The molecule has 2 aromatic heterocycles. The van der Waals surface area contributed by atoms with Crippen LogP contribution in [0.1, 0.15) is 35.9 Å². The smallest absolute Gasteiger partial charge is 0.252 e. The Labute approximate surface area is 159 Å². The number of hydrogen-bond donors (Lipinski definition) is 2. The van der Waals surface area contributed by atoms with Crippen LogP contribution >= 0.6 is 0 Å². The van der Waals surface area contributed by atoms with Crippen LogP contribution in [0.5, 0.6) is 5.88 Å². The van der Waals surface area contributed by atoms with E-state index in [0.29, 0.717) is 31.1 Å². The van der Waals surface area contributed by atoms with Crippen molar-refractivity contribution in [3.8, 4) is 5.88 Å². The minimum atomic E-state index is -0.163. The van der Waals surface area contributed by atoms with Crippen molar-refractivity contribution in [1.29, 1.82) is 0 Å². The molecule has 0 aromatic carbocycles. The van der Waals surface area contributed by atoms with Crippen LogP contribution < -0.4 is 20.3 Å². The minimum Gasteiger partial charge on any atom is -0.478 e. The highest BCUT2D eigenvalue weighted by Gasteiger charge is 2.15. The van der Waals surface area contributed by atoms with E-state index in [1.165, 1.54) is 19.0 Å². The molecule has 0 aliphatic carbocycles.